The molecule has 0 unspecified atom stereocenters. The highest BCUT2D eigenvalue weighted by atomic mass is 35.5. The van der Waals surface area contributed by atoms with Gasteiger partial charge in [-0.3, -0.25) is 4.79 Å². The lowest BCUT2D eigenvalue weighted by Gasteiger charge is -2.29. The first-order valence-electron chi connectivity index (χ1n) is 7.46. The van der Waals surface area contributed by atoms with Gasteiger partial charge < -0.3 is 10.2 Å². The van der Waals surface area contributed by atoms with E-state index < -0.39 is 0 Å². The number of nitrogens with one attached hydrogen (secondary N) is 1. The molecule has 1 aliphatic carbocycles. The standard InChI is InChI=1S/C16H20Cl2N2O2/c1-11-5-2-3-8-14(11)20-15(21)10-22-19-9-12-6-4-7-13(17)16(12)18/h4,6-7,9,11,14H,2-3,5,8,10H2,1H3,(H,20,21)/b19-9-/t11-,14-/m0/s1. The van der Waals surface area contributed by atoms with Gasteiger partial charge >= 0.3 is 0 Å². The Balaban J connectivity index is 1.77. The van der Waals surface area contributed by atoms with E-state index in [4.69, 9.17) is 28.0 Å². The van der Waals surface area contributed by atoms with Crippen LogP contribution >= 0.6 is 23.2 Å². The Hall–Kier alpha value is -1.26. The van der Waals surface area contributed by atoms with Crippen LogP contribution in [0.2, 0.25) is 10.0 Å². The summed E-state index contributed by atoms with van der Waals surface area (Å²) < 4.78 is 0. The third-order valence-electron chi connectivity index (χ3n) is 3.90. The summed E-state index contributed by atoms with van der Waals surface area (Å²) in [6.07, 6.45) is 6.06. The fourth-order valence-corrected chi connectivity index (χ4v) is 2.95. The van der Waals surface area contributed by atoms with E-state index in [0.717, 1.165) is 12.8 Å². The molecule has 1 aliphatic rings. The Morgan fingerprint density at radius 1 is 1.41 bits per heavy atom. The molecule has 2 rings (SSSR count). The summed E-state index contributed by atoms with van der Waals surface area (Å²) >= 11 is 11.9. The van der Waals surface area contributed by atoms with Crippen LogP contribution in [0.25, 0.3) is 0 Å². The lowest BCUT2D eigenvalue weighted by atomic mass is 9.86. The van der Waals surface area contributed by atoms with E-state index in [-0.39, 0.29) is 18.6 Å². The second-order valence-electron chi connectivity index (χ2n) is 5.59. The lowest BCUT2D eigenvalue weighted by Crippen LogP contribution is -2.42. The molecule has 120 valence electrons. The quantitative estimate of drug-likeness (QED) is 0.648. The zero-order chi connectivity index (χ0) is 15.9. The molecule has 1 fully saturated rings. The zero-order valence-corrected chi connectivity index (χ0v) is 14.0. The second-order valence-corrected chi connectivity index (χ2v) is 6.37. The topological polar surface area (TPSA) is 50.7 Å². The molecule has 1 aromatic rings. The van der Waals surface area contributed by atoms with Gasteiger partial charge in [0.1, 0.15) is 0 Å². The summed E-state index contributed by atoms with van der Waals surface area (Å²) in [5, 5.41) is 7.64. The lowest BCUT2D eigenvalue weighted by molar-refractivity contribution is -0.126. The van der Waals surface area contributed by atoms with Crippen molar-refractivity contribution >= 4 is 35.3 Å². The molecule has 0 aliphatic heterocycles. The van der Waals surface area contributed by atoms with Crippen LogP contribution in [-0.2, 0) is 9.63 Å². The number of hydrogen-bond acceptors (Lipinski definition) is 3. The number of amides is 1. The van der Waals surface area contributed by atoms with Crippen molar-refractivity contribution in [2.75, 3.05) is 6.61 Å². The van der Waals surface area contributed by atoms with Crippen LogP contribution in [0.1, 0.15) is 38.2 Å². The molecule has 4 nitrogen and oxygen atoms in total. The highest BCUT2D eigenvalue weighted by molar-refractivity contribution is 6.43. The maximum absolute atomic E-state index is 11.8. The van der Waals surface area contributed by atoms with Crippen molar-refractivity contribution in [3.05, 3.63) is 33.8 Å². The zero-order valence-electron chi connectivity index (χ0n) is 12.5. The minimum atomic E-state index is -0.145. The molecule has 0 saturated heterocycles. The molecule has 0 spiro atoms. The molecule has 6 heteroatoms. The molecule has 1 saturated carbocycles. The van der Waals surface area contributed by atoms with Gasteiger partial charge in [0, 0.05) is 11.6 Å². The third-order valence-corrected chi connectivity index (χ3v) is 4.73. The van der Waals surface area contributed by atoms with E-state index >= 15 is 0 Å². The highest BCUT2D eigenvalue weighted by Gasteiger charge is 2.22. The summed E-state index contributed by atoms with van der Waals surface area (Å²) in [4.78, 5) is 16.9. The number of carbonyl (C=O) groups excluding carboxylic acids is 1. The molecule has 2 atom stereocenters. The average Bonchev–Trinajstić information content (AvgIpc) is 2.50. The van der Waals surface area contributed by atoms with Gasteiger partial charge in [0.15, 0.2) is 6.61 Å². The molecule has 22 heavy (non-hydrogen) atoms. The Bertz CT molecular complexity index is 549. The maximum atomic E-state index is 11.8. The van der Waals surface area contributed by atoms with Crippen molar-refractivity contribution in [1.82, 2.24) is 5.32 Å². The fraction of sp³-hybridized carbons (Fsp3) is 0.500. The van der Waals surface area contributed by atoms with Gasteiger partial charge in [0.05, 0.1) is 16.3 Å². The smallest absolute Gasteiger partial charge is 0.261 e. The number of benzene rings is 1. The Morgan fingerprint density at radius 3 is 2.95 bits per heavy atom. The number of halogens is 2. The molecule has 0 heterocycles. The van der Waals surface area contributed by atoms with E-state index in [1.165, 1.54) is 19.1 Å². The average molecular weight is 343 g/mol. The van der Waals surface area contributed by atoms with Gasteiger partial charge in [-0.1, -0.05) is 60.3 Å². The summed E-state index contributed by atoms with van der Waals surface area (Å²) in [5.74, 6) is 0.375. The van der Waals surface area contributed by atoms with Crippen LogP contribution in [0.5, 0.6) is 0 Å². The predicted octanol–water partition coefficient (Wildman–Crippen LogP) is 4.04. The van der Waals surface area contributed by atoms with Crippen molar-refractivity contribution in [2.24, 2.45) is 11.1 Å². The molecule has 1 N–H and O–H groups in total. The van der Waals surface area contributed by atoms with Crippen molar-refractivity contribution < 1.29 is 9.63 Å². The number of oxime groups is 1. The van der Waals surface area contributed by atoms with Crippen LogP contribution in [0.15, 0.2) is 23.4 Å². The molecule has 0 bridgehead atoms. The van der Waals surface area contributed by atoms with Gasteiger partial charge in [-0.2, -0.15) is 0 Å². The molecular formula is C16H20Cl2N2O2. The summed E-state index contributed by atoms with van der Waals surface area (Å²) in [6, 6.07) is 5.48. The molecule has 1 aromatic carbocycles. The molecule has 1 amide bonds. The monoisotopic (exact) mass is 342 g/mol. The van der Waals surface area contributed by atoms with Crippen LogP contribution in [0, 0.1) is 5.92 Å². The van der Waals surface area contributed by atoms with Gasteiger partial charge in [0.2, 0.25) is 0 Å². The SMILES string of the molecule is C[C@H]1CCCC[C@@H]1NC(=O)CO/N=C\c1cccc(Cl)c1Cl. The predicted molar refractivity (Wildman–Crippen MR) is 89.6 cm³/mol. The van der Waals surface area contributed by atoms with Crippen LogP contribution in [-0.4, -0.2) is 24.8 Å². The van der Waals surface area contributed by atoms with Gasteiger partial charge in [-0.25, -0.2) is 0 Å². The van der Waals surface area contributed by atoms with Crippen molar-refractivity contribution in [3.63, 3.8) is 0 Å². The van der Waals surface area contributed by atoms with E-state index in [0.29, 0.717) is 21.5 Å². The normalized spacial score (nSPS) is 21.8. The maximum Gasteiger partial charge on any atom is 0.261 e. The Labute approximate surface area is 140 Å². The number of carbonyl (C=O) groups is 1. The Kier molecular flexibility index (Phi) is 6.52. The summed E-state index contributed by atoms with van der Waals surface area (Å²) in [6.45, 7) is 2.07. The first-order chi connectivity index (χ1) is 10.6. The van der Waals surface area contributed by atoms with Crippen molar-refractivity contribution in [1.29, 1.82) is 0 Å². The van der Waals surface area contributed by atoms with Gasteiger partial charge in [-0.05, 0) is 24.8 Å². The number of nitrogens with zero attached hydrogens (tertiary/aromatic N) is 1. The highest BCUT2D eigenvalue weighted by Crippen LogP contribution is 2.24. The second kappa shape index (κ2) is 8.39. The molecule has 0 radical (unpaired) electrons. The van der Waals surface area contributed by atoms with E-state index in [9.17, 15) is 4.79 Å². The number of rotatable bonds is 5. The molecular weight excluding hydrogens is 323 g/mol. The van der Waals surface area contributed by atoms with E-state index in [1.54, 1.807) is 18.2 Å². The van der Waals surface area contributed by atoms with Crippen LogP contribution in [0.3, 0.4) is 0 Å². The van der Waals surface area contributed by atoms with Gasteiger partial charge in [-0.15, -0.1) is 0 Å². The number of hydrogen-bond donors (Lipinski definition) is 1. The fourth-order valence-electron chi connectivity index (χ4n) is 2.59. The van der Waals surface area contributed by atoms with E-state index in [1.807, 2.05) is 0 Å². The first-order valence-corrected chi connectivity index (χ1v) is 8.22. The third kappa shape index (κ3) is 4.89. The van der Waals surface area contributed by atoms with E-state index in [2.05, 4.69) is 17.4 Å². The minimum absolute atomic E-state index is 0.0993. The molecule has 0 aromatic heterocycles. The van der Waals surface area contributed by atoms with Crippen molar-refractivity contribution in [2.45, 2.75) is 38.6 Å². The van der Waals surface area contributed by atoms with Crippen LogP contribution in [0.4, 0.5) is 0 Å². The van der Waals surface area contributed by atoms with Crippen LogP contribution < -0.4 is 5.32 Å². The largest absolute Gasteiger partial charge is 0.386 e. The minimum Gasteiger partial charge on any atom is -0.386 e. The van der Waals surface area contributed by atoms with Crippen molar-refractivity contribution in [3.8, 4) is 0 Å². The summed E-state index contributed by atoms with van der Waals surface area (Å²) in [5.41, 5.74) is 0.649. The van der Waals surface area contributed by atoms with Gasteiger partial charge in [0.25, 0.3) is 5.91 Å². The first kappa shape index (κ1) is 17.1. The Morgan fingerprint density at radius 2 is 2.18 bits per heavy atom. The summed E-state index contributed by atoms with van der Waals surface area (Å²) in [7, 11) is 0.